The molecule has 1 aliphatic heterocycles. The smallest absolute Gasteiger partial charge is 0.0724 e. The van der Waals surface area contributed by atoms with Gasteiger partial charge in [-0.2, -0.15) is 0 Å². The molecule has 1 aromatic carbocycles. The number of nitrogens with one attached hydrogen (secondary N) is 1. The summed E-state index contributed by atoms with van der Waals surface area (Å²) in [7, 11) is 0. The maximum Gasteiger partial charge on any atom is 0.0724 e. The van der Waals surface area contributed by atoms with Crippen LogP contribution in [0, 0.1) is 5.92 Å². The van der Waals surface area contributed by atoms with Crippen molar-refractivity contribution in [1.82, 2.24) is 4.98 Å². The maximum atomic E-state index is 6.23. The highest BCUT2D eigenvalue weighted by Gasteiger charge is 2.22. The topological polar surface area (TPSA) is 60.2 Å². The predicted octanol–water partition coefficient (Wildman–Crippen LogP) is 2.65. The highest BCUT2D eigenvalue weighted by atomic mass is 16.5. The van der Waals surface area contributed by atoms with Gasteiger partial charge in [-0.15, -0.1) is 0 Å². The molecule has 3 N–H and O–H groups in total. The van der Waals surface area contributed by atoms with Crippen LogP contribution >= 0.6 is 0 Å². The van der Waals surface area contributed by atoms with Gasteiger partial charge in [-0.25, -0.2) is 0 Å². The number of rotatable bonds is 3. The molecule has 1 aromatic heterocycles. The van der Waals surface area contributed by atoms with E-state index in [1.807, 2.05) is 24.3 Å². The van der Waals surface area contributed by atoms with Gasteiger partial charge in [-0.3, -0.25) is 4.98 Å². The number of hydrogen-bond donors (Lipinski definition) is 2. The van der Waals surface area contributed by atoms with Crippen LogP contribution in [0.3, 0.4) is 0 Å². The summed E-state index contributed by atoms with van der Waals surface area (Å²) in [5, 5.41) is 4.51. The molecule has 1 fully saturated rings. The van der Waals surface area contributed by atoms with Gasteiger partial charge in [-0.05, 0) is 37.6 Å². The number of fused-ring (bicyclic) bond motifs is 1. The lowest BCUT2D eigenvalue weighted by atomic mass is 10.00. The van der Waals surface area contributed by atoms with E-state index in [2.05, 4.69) is 17.2 Å². The number of pyridine rings is 1. The normalized spacial score (nSPS) is 20.6. The van der Waals surface area contributed by atoms with Gasteiger partial charge >= 0.3 is 0 Å². The molecule has 0 radical (unpaired) electrons. The van der Waals surface area contributed by atoms with Crippen LogP contribution in [0.2, 0.25) is 0 Å². The van der Waals surface area contributed by atoms with Crippen molar-refractivity contribution in [2.75, 3.05) is 24.3 Å². The molecule has 2 heterocycles. The molecule has 3 rings (SSSR count). The molecule has 0 bridgehead atoms. The first-order valence-corrected chi connectivity index (χ1v) is 6.73. The van der Waals surface area contributed by atoms with Gasteiger partial charge in [0.05, 0.1) is 23.5 Å². The summed E-state index contributed by atoms with van der Waals surface area (Å²) in [6, 6.07) is 8.30. The monoisotopic (exact) mass is 257 g/mol. The first kappa shape index (κ1) is 12.2. The molecule has 2 aromatic rings. The lowest BCUT2D eigenvalue weighted by Crippen LogP contribution is -2.26. The van der Waals surface area contributed by atoms with Crippen LogP contribution in [-0.4, -0.2) is 24.2 Å². The number of aromatic nitrogens is 1. The number of nitrogen functional groups attached to an aromatic ring is 1. The number of hydrogen-bond acceptors (Lipinski definition) is 4. The number of anilines is 2. The molecule has 2 atom stereocenters. The van der Waals surface area contributed by atoms with Crippen molar-refractivity contribution in [2.24, 2.45) is 5.92 Å². The molecule has 0 aliphatic carbocycles. The Morgan fingerprint density at radius 2 is 2.32 bits per heavy atom. The first-order chi connectivity index (χ1) is 9.25. The van der Waals surface area contributed by atoms with Crippen molar-refractivity contribution in [1.29, 1.82) is 0 Å². The predicted molar refractivity (Wildman–Crippen MR) is 78.2 cm³/mol. The van der Waals surface area contributed by atoms with Gasteiger partial charge in [0, 0.05) is 30.1 Å². The molecule has 1 aliphatic rings. The fraction of sp³-hybridized carbons (Fsp3) is 0.400. The van der Waals surface area contributed by atoms with E-state index in [-0.39, 0.29) is 0 Å². The van der Waals surface area contributed by atoms with Crippen LogP contribution in [0.4, 0.5) is 11.4 Å². The van der Waals surface area contributed by atoms with Gasteiger partial charge in [0.25, 0.3) is 0 Å². The van der Waals surface area contributed by atoms with Gasteiger partial charge < -0.3 is 15.8 Å². The quantitative estimate of drug-likeness (QED) is 0.830. The Balaban J connectivity index is 1.86. The zero-order valence-electron chi connectivity index (χ0n) is 11.1. The third-order valence-electron chi connectivity index (χ3n) is 3.88. The van der Waals surface area contributed by atoms with E-state index in [0.717, 1.165) is 41.9 Å². The summed E-state index contributed by atoms with van der Waals surface area (Å²) in [6.45, 7) is 3.89. The summed E-state index contributed by atoms with van der Waals surface area (Å²) in [5.41, 5.74) is 8.93. The van der Waals surface area contributed by atoms with Gasteiger partial charge in [-0.1, -0.05) is 0 Å². The molecule has 19 heavy (non-hydrogen) atoms. The molecule has 1 saturated heterocycles. The fourth-order valence-electron chi connectivity index (χ4n) is 2.61. The van der Waals surface area contributed by atoms with Crippen LogP contribution in [0.5, 0.6) is 0 Å². The third-order valence-corrected chi connectivity index (χ3v) is 3.88. The van der Waals surface area contributed by atoms with Gasteiger partial charge in [0.1, 0.15) is 0 Å². The molecular weight excluding hydrogens is 238 g/mol. The van der Waals surface area contributed by atoms with E-state index in [0.29, 0.717) is 12.0 Å². The average Bonchev–Trinajstić information content (AvgIpc) is 2.96. The number of nitrogens with two attached hydrogens (primary N) is 1. The molecule has 0 amide bonds. The van der Waals surface area contributed by atoms with Crippen LogP contribution in [-0.2, 0) is 4.74 Å². The van der Waals surface area contributed by atoms with Crippen molar-refractivity contribution in [3.8, 4) is 0 Å². The summed E-state index contributed by atoms with van der Waals surface area (Å²) in [4.78, 5) is 4.31. The Morgan fingerprint density at radius 3 is 3.11 bits per heavy atom. The molecule has 2 unspecified atom stereocenters. The van der Waals surface area contributed by atoms with E-state index < -0.39 is 0 Å². The Kier molecular flexibility index (Phi) is 3.25. The van der Waals surface area contributed by atoms with Crippen molar-refractivity contribution < 1.29 is 4.74 Å². The average molecular weight is 257 g/mol. The Morgan fingerprint density at radius 1 is 1.42 bits per heavy atom. The third kappa shape index (κ3) is 2.36. The van der Waals surface area contributed by atoms with Crippen LogP contribution in [0.15, 0.2) is 30.5 Å². The van der Waals surface area contributed by atoms with E-state index in [1.54, 1.807) is 6.20 Å². The fourth-order valence-corrected chi connectivity index (χ4v) is 2.61. The van der Waals surface area contributed by atoms with Crippen molar-refractivity contribution in [3.05, 3.63) is 30.5 Å². The molecule has 0 saturated carbocycles. The number of ether oxygens (including phenoxy) is 1. The summed E-state index contributed by atoms with van der Waals surface area (Å²) < 4.78 is 5.44. The summed E-state index contributed by atoms with van der Waals surface area (Å²) >= 11 is 0. The Hall–Kier alpha value is -1.81. The second kappa shape index (κ2) is 5.05. The van der Waals surface area contributed by atoms with Crippen LogP contribution < -0.4 is 11.1 Å². The second-order valence-electron chi connectivity index (χ2n) is 5.15. The lowest BCUT2D eigenvalue weighted by Gasteiger charge is -2.22. The molecular formula is C15H19N3O. The summed E-state index contributed by atoms with van der Waals surface area (Å²) in [5.74, 6) is 0.559. The SMILES string of the molecule is CC(Nc1ccc2ncccc2c1N)C1CCOC1. The molecule has 0 spiro atoms. The second-order valence-corrected chi connectivity index (χ2v) is 5.15. The molecule has 4 heteroatoms. The summed E-state index contributed by atoms with van der Waals surface area (Å²) in [6.07, 6.45) is 2.90. The van der Waals surface area contributed by atoms with E-state index >= 15 is 0 Å². The van der Waals surface area contributed by atoms with E-state index in [4.69, 9.17) is 10.5 Å². The maximum absolute atomic E-state index is 6.23. The van der Waals surface area contributed by atoms with Gasteiger partial charge in [0.2, 0.25) is 0 Å². The highest BCUT2D eigenvalue weighted by Crippen LogP contribution is 2.29. The highest BCUT2D eigenvalue weighted by molar-refractivity contribution is 5.96. The molecule has 100 valence electrons. The van der Waals surface area contributed by atoms with Crippen molar-refractivity contribution in [2.45, 2.75) is 19.4 Å². The number of nitrogens with zero attached hydrogens (tertiary/aromatic N) is 1. The van der Waals surface area contributed by atoms with Crippen LogP contribution in [0.25, 0.3) is 10.9 Å². The Labute approximate surface area is 113 Å². The minimum atomic E-state index is 0.360. The molecule has 4 nitrogen and oxygen atoms in total. The standard InChI is InChI=1S/C15H19N3O/c1-10(11-6-8-19-9-11)18-14-5-4-13-12(15(14)16)3-2-7-17-13/h2-5,7,10-11,18H,6,8-9,16H2,1H3. The van der Waals surface area contributed by atoms with Crippen molar-refractivity contribution >= 4 is 22.3 Å². The van der Waals surface area contributed by atoms with Crippen molar-refractivity contribution in [3.63, 3.8) is 0 Å². The minimum absolute atomic E-state index is 0.360. The van der Waals surface area contributed by atoms with E-state index in [9.17, 15) is 0 Å². The Bertz CT molecular complexity index is 579. The lowest BCUT2D eigenvalue weighted by molar-refractivity contribution is 0.183. The zero-order chi connectivity index (χ0) is 13.2. The van der Waals surface area contributed by atoms with E-state index in [1.165, 1.54) is 0 Å². The first-order valence-electron chi connectivity index (χ1n) is 6.73. The largest absolute Gasteiger partial charge is 0.397 e. The minimum Gasteiger partial charge on any atom is -0.397 e. The van der Waals surface area contributed by atoms with Gasteiger partial charge in [0.15, 0.2) is 0 Å². The van der Waals surface area contributed by atoms with Crippen LogP contribution in [0.1, 0.15) is 13.3 Å². The zero-order valence-corrected chi connectivity index (χ0v) is 11.1. The number of benzene rings is 1.